The monoisotopic (exact) mass is 234 g/mol. The summed E-state index contributed by atoms with van der Waals surface area (Å²) in [7, 11) is 0. The number of nitrogens with zero attached hydrogens (tertiary/aromatic N) is 1. The van der Waals surface area contributed by atoms with Crippen molar-refractivity contribution < 1.29 is 0 Å². The first-order chi connectivity index (χ1) is 8.35. The zero-order chi connectivity index (χ0) is 11.3. The topological polar surface area (TPSA) is 15.3 Å². The van der Waals surface area contributed by atoms with E-state index < -0.39 is 0 Å². The van der Waals surface area contributed by atoms with Crippen LogP contribution in [0.1, 0.15) is 51.4 Å². The molecule has 0 radical (unpaired) electrons. The highest BCUT2D eigenvalue weighted by molar-refractivity contribution is 5.03. The third-order valence-corrected chi connectivity index (χ3v) is 6.14. The van der Waals surface area contributed by atoms with Crippen LogP contribution >= 0.6 is 0 Å². The summed E-state index contributed by atoms with van der Waals surface area (Å²) in [5.74, 6) is 2.16. The van der Waals surface area contributed by atoms with Gasteiger partial charge < -0.3 is 5.32 Å². The molecular formula is C15H26N2. The van der Waals surface area contributed by atoms with Gasteiger partial charge in [-0.2, -0.15) is 0 Å². The second-order valence-electron chi connectivity index (χ2n) is 7.13. The SMILES string of the molecule is C1CCC2(C1)CN(C1CC3CCC1C3)CCN2. The Labute approximate surface area is 105 Å². The maximum Gasteiger partial charge on any atom is 0.0309 e. The Hall–Kier alpha value is -0.0800. The molecular weight excluding hydrogens is 208 g/mol. The van der Waals surface area contributed by atoms with Crippen LogP contribution in [0.2, 0.25) is 0 Å². The fourth-order valence-electron chi connectivity index (χ4n) is 5.32. The molecule has 4 rings (SSSR count). The van der Waals surface area contributed by atoms with Crippen LogP contribution in [0.25, 0.3) is 0 Å². The van der Waals surface area contributed by atoms with Gasteiger partial charge >= 0.3 is 0 Å². The third-order valence-electron chi connectivity index (χ3n) is 6.14. The Morgan fingerprint density at radius 3 is 2.65 bits per heavy atom. The number of rotatable bonds is 1. The van der Waals surface area contributed by atoms with E-state index in [1.54, 1.807) is 12.8 Å². The molecule has 3 saturated carbocycles. The molecule has 4 aliphatic rings. The first-order valence-corrected chi connectivity index (χ1v) is 7.84. The molecule has 0 aromatic heterocycles. The van der Waals surface area contributed by atoms with E-state index in [1.165, 1.54) is 58.2 Å². The lowest BCUT2D eigenvalue weighted by Gasteiger charge is -2.46. The first-order valence-electron chi connectivity index (χ1n) is 7.84. The van der Waals surface area contributed by atoms with Crippen LogP contribution in [-0.2, 0) is 0 Å². The maximum atomic E-state index is 3.85. The molecule has 3 unspecified atom stereocenters. The molecule has 0 amide bonds. The average molecular weight is 234 g/mol. The van der Waals surface area contributed by atoms with E-state index in [4.69, 9.17) is 0 Å². The summed E-state index contributed by atoms with van der Waals surface area (Å²) in [4.78, 5) is 2.88. The van der Waals surface area contributed by atoms with E-state index in [1.807, 2.05) is 0 Å². The molecule has 3 aliphatic carbocycles. The molecule has 1 heterocycles. The second kappa shape index (κ2) is 3.96. The molecule has 17 heavy (non-hydrogen) atoms. The normalized spacial score (nSPS) is 44.8. The molecule has 2 heteroatoms. The molecule has 2 bridgehead atoms. The molecule has 0 aromatic rings. The van der Waals surface area contributed by atoms with Crippen LogP contribution in [0.5, 0.6) is 0 Å². The van der Waals surface area contributed by atoms with Gasteiger partial charge in [-0.05, 0) is 43.9 Å². The van der Waals surface area contributed by atoms with Gasteiger partial charge in [-0.3, -0.25) is 4.90 Å². The van der Waals surface area contributed by atoms with E-state index in [0.29, 0.717) is 5.54 Å². The van der Waals surface area contributed by atoms with Crippen LogP contribution < -0.4 is 5.32 Å². The first kappa shape index (κ1) is 10.8. The summed E-state index contributed by atoms with van der Waals surface area (Å²) in [5.41, 5.74) is 0.528. The van der Waals surface area contributed by atoms with Crippen molar-refractivity contribution in [3.05, 3.63) is 0 Å². The summed E-state index contributed by atoms with van der Waals surface area (Å²) in [6.07, 6.45) is 11.9. The van der Waals surface area contributed by atoms with Crippen LogP contribution in [0.3, 0.4) is 0 Å². The minimum atomic E-state index is 0.528. The molecule has 1 spiro atoms. The van der Waals surface area contributed by atoms with Crippen molar-refractivity contribution in [2.75, 3.05) is 19.6 Å². The number of hydrogen-bond donors (Lipinski definition) is 1. The van der Waals surface area contributed by atoms with Crippen LogP contribution in [0.15, 0.2) is 0 Å². The van der Waals surface area contributed by atoms with E-state index in [2.05, 4.69) is 10.2 Å². The van der Waals surface area contributed by atoms with Crippen LogP contribution in [0, 0.1) is 11.8 Å². The summed E-state index contributed by atoms with van der Waals surface area (Å²) in [6.45, 7) is 3.92. The van der Waals surface area contributed by atoms with Crippen molar-refractivity contribution in [2.45, 2.75) is 62.9 Å². The largest absolute Gasteiger partial charge is 0.309 e. The van der Waals surface area contributed by atoms with Gasteiger partial charge in [-0.15, -0.1) is 0 Å². The highest BCUT2D eigenvalue weighted by atomic mass is 15.3. The Kier molecular flexibility index (Phi) is 2.52. The number of piperazine rings is 1. The lowest BCUT2D eigenvalue weighted by Crippen LogP contribution is -2.61. The van der Waals surface area contributed by atoms with Gasteiger partial charge in [0.25, 0.3) is 0 Å². The van der Waals surface area contributed by atoms with Crippen molar-refractivity contribution in [1.29, 1.82) is 0 Å². The van der Waals surface area contributed by atoms with E-state index in [0.717, 1.165) is 17.9 Å². The molecule has 3 atom stereocenters. The van der Waals surface area contributed by atoms with Gasteiger partial charge in [0.05, 0.1) is 0 Å². The Morgan fingerprint density at radius 2 is 1.94 bits per heavy atom. The predicted molar refractivity (Wildman–Crippen MR) is 70.0 cm³/mol. The van der Waals surface area contributed by atoms with Gasteiger partial charge in [0, 0.05) is 31.2 Å². The lowest BCUT2D eigenvalue weighted by atomic mass is 9.89. The summed E-state index contributed by atoms with van der Waals surface area (Å²) >= 11 is 0. The Bertz CT molecular complexity index is 295. The summed E-state index contributed by atoms with van der Waals surface area (Å²) < 4.78 is 0. The molecule has 96 valence electrons. The maximum absolute atomic E-state index is 3.85. The van der Waals surface area contributed by atoms with Crippen molar-refractivity contribution in [1.82, 2.24) is 10.2 Å². The van der Waals surface area contributed by atoms with Crippen molar-refractivity contribution in [2.24, 2.45) is 11.8 Å². The van der Waals surface area contributed by atoms with E-state index >= 15 is 0 Å². The highest BCUT2D eigenvalue weighted by Crippen LogP contribution is 2.47. The lowest BCUT2D eigenvalue weighted by molar-refractivity contribution is 0.0674. The molecule has 1 saturated heterocycles. The van der Waals surface area contributed by atoms with Gasteiger partial charge in [0.2, 0.25) is 0 Å². The molecule has 0 aromatic carbocycles. The fraction of sp³-hybridized carbons (Fsp3) is 1.00. The average Bonchev–Trinajstić information content (AvgIpc) is 3.05. The smallest absolute Gasteiger partial charge is 0.0309 e. The van der Waals surface area contributed by atoms with Crippen molar-refractivity contribution in [3.8, 4) is 0 Å². The Morgan fingerprint density at radius 1 is 1.06 bits per heavy atom. The molecule has 1 aliphatic heterocycles. The van der Waals surface area contributed by atoms with Gasteiger partial charge in [0.1, 0.15) is 0 Å². The number of fused-ring (bicyclic) bond motifs is 2. The molecule has 1 N–H and O–H groups in total. The van der Waals surface area contributed by atoms with Gasteiger partial charge in [-0.1, -0.05) is 19.3 Å². The minimum Gasteiger partial charge on any atom is -0.309 e. The van der Waals surface area contributed by atoms with Crippen molar-refractivity contribution >= 4 is 0 Å². The van der Waals surface area contributed by atoms with E-state index in [-0.39, 0.29) is 0 Å². The number of hydrogen-bond acceptors (Lipinski definition) is 2. The fourth-order valence-corrected chi connectivity index (χ4v) is 5.32. The second-order valence-corrected chi connectivity index (χ2v) is 7.13. The van der Waals surface area contributed by atoms with Gasteiger partial charge in [-0.25, -0.2) is 0 Å². The Balaban J connectivity index is 1.47. The third kappa shape index (κ3) is 1.76. The zero-order valence-corrected chi connectivity index (χ0v) is 11.0. The quantitative estimate of drug-likeness (QED) is 0.749. The molecule has 2 nitrogen and oxygen atoms in total. The zero-order valence-electron chi connectivity index (χ0n) is 11.0. The van der Waals surface area contributed by atoms with Crippen LogP contribution in [-0.4, -0.2) is 36.1 Å². The van der Waals surface area contributed by atoms with Crippen molar-refractivity contribution in [3.63, 3.8) is 0 Å². The standard InChI is InChI=1S/C15H26N2/c1-2-6-15(5-1)11-17(8-7-16-15)14-10-12-3-4-13(14)9-12/h12-14,16H,1-11H2. The summed E-state index contributed by atoms with van der Waals surface area (Å²) in [5, 5.41) is 3.85. The minimum absolute atomic E-state index is 0.528. The number of nitrogens with one attached hydrogen (secondary N) is 1. The van der Waals surface area contributed by atoms with Crippen LogP contribution in [0.4, 0.5) is 0 Å². The highest BCUT2D eigenvalue weighted by Gasteiger charge is 2.46. The summed E-state index contributed by atoms with van der Waals surface area (Å²) in [6, 6.07) is 0.966. The van der Waals surface area contributed by atoms with Gasteiger partial charge in [0.15, 0.2) is 0 Å². The predicted octanol–water partition coefficient (Wildman–Crippen LogP) is 2.39. The molecule has 4 fully saturated rings. The van der Waals surface area contributed by atoms with E-state index in [9.17, 15) is 0 Å².